The molecule has 1 rings (SSSR count). The first-order valence-corrected chi connectivity index (χ1v) is 31.5. The molecule has 5 N–H and O–H groups in total. The van der Waals surface area contributed by atoms with E-state index in [2.05, 4.69) is 26.6 Å². The minimum atomic E-state index is -1.55. The predicted octanol–water partition coefficient (Wildman–Crippen LogP) is 2.95. The molecule has 0 saturated carbocycles. The minimum absolute atomic E-state index is 0. The van der Waals surface area contributed by atoms with Gasteiger partial charge in [0.15, 0.2) is 0 Å². The summed E-state index contributed by atoms with van der Waals surface area (Å²) >= 11 is 0. The maximum atomic E-state index is 15.0. The smallest absolute Gasteiger partial charge is 0.668 e. The Labute approximate surface area is 554 Å². The van der Waals surface area contributed by atoms with E-state index in [9.17, 15) is 53.1 Å². The number of rotatable bonds is 15. The molecule has 0 bridgehead atoms. The number of amides is 11. The van der Waals surface area contributed by atoms with Crippen LogP contribution in [0, 0.1) is 42.1 Å². The van der Waals surface area contributed by atoms with E-state index in [4.69, 9.17) is 0 Å². The molecule has 0 radical (unpaired) electrons. The number of carbonyl (C=O) groups is 11. The van der Waals surface area contributed by atoms with E-state index in [0.717, 1.165) is 21.2 Å². The summed E-state index contributed by atoms with van der Waals surface area (Å²) in [6, 6.07) is -11.8. The fourth-order valence-electron chi connectivity index (χ4n) is 10.5. The van der Waals surface area contributed by atoms with Crippen molar-refractivity contribution in [1.82, 2.24) is 60.5 Å². The maximum absolute atomic E-state index is 15.0. The van der Waals surface area contributed by atoms with Crippen molar-refractivity contribution in [3.05, 3.63) is 24.0 Å². The molecule has 1 fully saturated rings. The average molecular weight is 1440 g/mol. The molecule has 1 aliphatic rings. The fourth-order valence-corrected chi connectivity index (χ4v) is 10.5. The minimum Gasteiger partial charge on any atom is -0.668 e. The van der Waals surface area contributed by atoms with Crippen LogP contribution < -0.4 is 21.3 Å². The first-order valence-electron chi connectivity index (χ1n) is 31.5. The Hall–Kier alpha value is -5.65. The quantitative estimate of drug-likeness (QED) is 0.117. The van der Waals surface area contributed by atoms with Gasteiger partial charge in [-0.2, -0.15) is 14.1 Å². The predicted molar refractivity (Wildman–Crippen MR) is 347 cm³/mol. The van der Waals surface area contributed by atoms with Gasteiger partial charge in [0.05, 0.1) is 6.10 Å². The van der Waals surface area contributed by atoms with Gasteiger partial charge in [-0.05, 0) is 110 Å². The topological polar surface area (TPSA) is 296 Å². The van der Waals surface area contributed by atoms with Crippen molar-refractivity contribution in [2.75, 3.05) is 84.1 Å². The van der Waals surface area contributed by atoms with Gasteiger partial charge >= 0.3 is 21.1 Å². The number of hydrogen-bond donors (Lipinski definition) is 5. The molecule has 0 aromatic carbocycles. The molecular formula is C64H117N13O12W. The van der Waals surface area contributed by atoms with Crippen LogP contribution in [0.3, 0.4) is 0 Å². The number of carbonyl (C=O) groups excluding carboxylic acids is 11. The number of likely N-dealkylation sites (N-methyl/N-ethyl adjacent to an activating group) is 8. The summed E-state index contributed by atoms with van der Waals surface area (Å²) < 4.78 is 0. The third kappa shape index (κ3) is 26.2. The molecular weight excluding hydrogens is 1330 g/mol. The summed E-state index contributed by atoms with van der Waals surface area (Å²) in [5.74, 6) is -9.26. The zero-order valence-corrected chi connectivity index (χ0v) is 62.3. The van der Waals surface area contributed by atoms with Crippen molar-refractivity contribution < 1.29 is 78.9 Å². The van der Waals surface area contributed by atoms with Gasteiger partial charge < -0.3 is 75.7 Å². The normalized spacial score (nSPS) is 25.8. The number of aliphatic hydroxyl groups is 1. The van der Waals surface area contributed by atoms with Crippen LogP contribution >= 0.6 is 0 Å². The van der Waals surface area contributed by atoms with Gasteiger partial charge in [-0.15, -0.1) is 0 Å². The van der Waals surface area contributed by atoms with E-state index < -0.39 is 143 Å². The zero-order valence-electron chi connectivity index (χ0n) is 59.4. The fraction of sp³-hybridized carbons (Fsp3) is 0.781. The molecule has 90 heavy (non-hydrogen) atoms. The van der Waals surface area contributed by atoms with Crippen LogP contribution in [0.4, 0.5) is 0 Å². The maximum Gasteiger partial charge on any atom is 2.00 e. The van der Waals surface area contributed by atoms with Crippen LogP contribution in [-0.2, 0) is 73.8 Å². The van der Waals surface area contributed by atoms with Crippen LogP contribution in [0.15, 0.2) is 12.2 Å². The molecule has 1 saturated heterocycles. The van der Waals surface area contributed by atoms with E-state index in [1.807, 2.05) is 61.5 Å². The zero-order chi connectivity index (χ0) is 69.4. The van der Waals surface area contributed by atoms with Crippen molar-refractivity contribution in [3.8, 4) is 0 Å². The third-order valence-corrected chi connectivity index (χ3v) is 16.2. The number of nitrogens with one attached hydrogen (secondary N) is 4. The average Bonchev–Trinajstić information content (AvgIpc) is 0.868. The van der Waals surface area contributed by atoms with E-state index in [0.29, 0.717) is 6.42 Å². The number of allylic oxidation sites excluding steroid dienone is 2. The molecule has 1 heterocycles. The number of aliphatic hydroxyl groups excluding tert-OH is 1. The van der Waals surface area contributed by atoms with Gasteiger partial charge in [0.1, 0.15) is 60.3 Å². The van der Waals surface area contributed by atoms with Crippen molar-refractivity contribution >= 4 is 65.0 Å². The summed E-state index contributed by atoms with van der Waals surface area (Å²) in [7, 11) is 16.8. The van der Waals surface area contributed by atoms with Crippen LogP contribution in [0.5, 0.6) is 0 Å². The molecule has 26 heteroatoms. The SMILES string of the molecule is CC=CC[C@@H](C)[C@@H](O)[C@H]1C(=O)N[C@@H](CC)C(=O)N(C)[CH-]C(=O)N(C)[C@@H](CN(C)C)C(=O)N[C@@H](C(C)C)C(=O)N(C)[C@@H](CC(C)C)C(=O)N[C@@H](C)C(=O)N[C@H](C)C(=O)N(C)[C@@H](CC(C)C)C(=O)N(C)[C@@H](CC(C)C)C(=O)N(C)[C@@H](C(C)C)CC(=O)N1C.C[N-]C.[W+2]. The van der Waals surface area contributed by atoms with Gasteiger partial charge in [-0.3, -0.25) is 47.9 Å². The second-order valence-electron chi connectivity index (χ2n) is 26.4. The van der Waals surface area contributed by atoms with Crippen LogP contribution in [0.2, 0.25) is 0 Å². The second-order valence-corrected chi connectivity index (χ2v) is 26.4. The number of hydrogen-bond acceptors (Lipinski definition) is 13. The molecule has 25 nitrogen and oxygen atoms in total. The van der Waals surface area contributed by atoms with Gasteiger partial charge in [0, 0.05) is 61.3 Å². The molecule has 0 aliphatic carbocycles. The van der Waals surface area contributed by atoms with Gasteiger partial charge in [-0.1, -0.05) is 95.2 Å². The molecule has 0 aromatic heterocycles. The summed E-state index contributed by atoms with van der Waals surface area (Å²) in [5, 5.41) is 26.4. The Kier molecular flexibility index (Phi) is 39.4. The first kappa shape index (κ1) is 86.4. The van der Waals surface area contributed by atoms with E-state index >= 15 is 4.79 Å². The molecule has 12 atom stereocenters. The Morgan fingerprint density at radius 2 is 1.01 bits per heavy atom. The van der Waals surface area contributed by atoms with E-state index in [1.54, 1.807) is 80.8 Å². The Morgan fingerprint density at radius 3 is 1.46 bits per heavy atom. The third-order valence-electron chi connectivity index (χ3n) is 16.2. The number of nitrogens with zero attached hydrogens (tertiary/aromatic N) is 9. The largest absolute Gasteiger partial charge is 2.00 e. The summed E-state index contributed by atoms with van der Waals surface area (Å²) in [4.78, 5) is 169. The van der Waals surface area contributed by atoms with Gasteiger partial charge in [-0.25, -0.2) is 6.54 Å². The molecule has 0 spiro atoms. The van der Waals surface area contributed by atoms with Crippen LogP contribution in [0.25, 0.3) is 5.32 Å². The Bertz CT molecular complexity index is 2370. The van der Waals surface area contributed by atoms with Crippen molar-refractivity contribution in [1.29, 1.82) is 0 Å². The first-order chi connectivity index (χ1) is 41.1. The van der Waals surface area contributed by atoms with Gasteiger partial charge in [0.25, 0.3) is 0 Å². The molecule has 0 unspecified atom stereocenters. The van der Waals surface area contributed by atoms with E-state index in [-0.39, 0.29) is 83.4 Å². The van der Waals surface area contributed by atoms with Crippen LogP contribution in [-0.4, -0.2) is 260 Å². The Balaban J connectivity index is 0. The second kappa shape index (κ2) is 41.0. The standard InChI is InChI=1S/C62H111N12O12.C2H6N.W/c1-25-27-28-40(13)53(77)52-57(81)65-43(26-2)59(83)68(18)34-50(76)69(19)48(33-67(16)17)56(80)66-51(39(11)12)62(86)71(21)45(29-35(3)4)55(79)63-41(14)54(78)64-42(15)58(82)72(22)46(30-36(5)6)61(85)73(23)47(31-37(7)8)60(84)70(20)44(38(9)10)32-49(75)74(52)24;1-3-2;/h25,27,34-48,51-53,77H,26,28-33H2,1-24H3,(H,63,79)(H,64,78)(H,65,81)(H,66,80);1-2H3;/q2*-1;+2/t40-,41+,42-,43+,44-,45+,46+,47+,48+,51+,52+,53-;;/m1../s1. The summed E-state index contributed by atoms with van der Waals surface area (Å²) in [6.07, 6.45) is 2.70. The van der Waals surface area contributed by atoms with Crippen molar-refractivity contribution in [3.63, 3.8) is 0 Å². The Morgan fingerprint density at radius 1 is 0.567 bits per heavy atom. The summed E-state index contributed by atoms with van der Waals surface area (Å²) in [6.45, 7) is 27.3. The molecule has 0 aromatic rings. The monoisotopic (exact) mass is 1440 g/mol. The van der Waals surface area contributed by atoms with Crippen molar-refractivity contribution in [2.24, 2.45) is 35.5 Å². The van der Waals surface area contributed by atoms with Crippen LogP contribution in [0.1, 0.15) is 142 Å². The molecule has 1 aliphatic heterocycles. The van der Waals surface area contributed by atoms with Gasteiger partial charge in [0.2, 0.25) is 59.1 Å². The molecule has 11 amide bonds. The summed E-state index contributed by atoms with van der Waals surface area (Å²) in [5.41, 5.74) is 0. The molecule has 516 valence electrons. The van der Waals surface area contributed by atoms with Crippen molar-refractivity contribution in [2.45, 2.75) is 209 Å². The van der Waals surface area contributed by atoms with E-state index in [1.165, 1.54) is 75.7 Å².